The second kappa shape index (κ2) is 4.19. The molecule has 0 rings (SSSR count). The van der Waals surface area contributed by atoms with Crippen molar-refractivity contribution in [2.24, 2.45) is 5.92 Å². The molecule has 0 aromatic carbocycles. The number of hydrogen-bond donors (Lipinski definition) is 0. The predicted molar refractivity (Wildman–Crippen MR) is 41.3 cm³/mol. The Morgan fingerprint density at radius 1 is 1.00 bits per heavy atom. The van der Waals surface area contributed by atoms with E-state index < -0.39 is 30.5 Å². The standard InChI is InChI=1S/C8H12F6O/c1-5(2)6(3,8(12,13)14)15-4-7(9,10)11/h5H,4H2,1-3H3. The SMILES string of the molecule is CC(C)C(C)(OCC(F)(F)F)C(F)(F)F. The third-order valence-electron chi connectivity index (χ3n) is 2.20. The van der Waals surface area contributed by atoms with Gasteiger partial charge in [-0.1, -0.05) is 13.8 Å². The lowest BCUT2D eigenvalue weighted by molar-refractivity contribution is -0.310. The third kappa shape index (κ3) is 3.89. The maximum absolute atomic E-state index is 12.4. The van der Waals surface area contributed by atoms with Gasteiger partial charge in [-0.15, -0.1) is 0 Å². The molecule has 0 aliphatic carbocycles. The zero-order valence-corrected chi connectivity index (χ0v) is 8.46. The highest BCUT2D eigenvalue weighted by Gasteiger charge is 2.55. The van der Waals surface area contributed by atoms with E-state index in [1.54, 1.807) is 0 Å². The van der Waals surface area contributed by atoms with Gasteiger partial charge in [0.2, 0.25) is 0 Å². The Kier molecular flexibility index (Phi) is 4.06. The smallest absolute Gasteiger partial charge is 0.356 e. The van der Waals surface area contributed by atoms with Gasteiger partial charge in [-0.05, 0) is 12.8 Å². The zero-order valence-electron chi connectivity index (χ0n) is 8.46. The summed E-state index contributed by atoms with van der Waals surface area (Å²) < 4.78 is 76.5. The maximum atomic E-state index is 12.4. The van der Waals surface area contributed by atoms with E-state index in [4.69, 9.17) is 0 Å². The lowest BCUT2D eigenvalue weighted by atomic mass is 9.91. The summed E-state index contributed by atoms with van der Waals surface area (Å²) in [5, 5.41) is 0. The maximum Gasteiger partial charge on any atom is 0.417 e. The van der Waals surface area contributed by atoms with Gasteiger partial charge in [-0.3, -0.25) is 0 Å². The molecule has 0 saturated carbocycles. The summed E-state index contributed by atoms with van der Waals surface area (Å²) in [6, 6.07) is 0. The molecule has 0 N–H and O–H groups in total. The van der Waals surface area contributed by atoms with E-state index in [1.807, 2.05) is 0 Å². The number of ether oxygens (including phenoxy) is 1. The fourth-order valence-corrected chi connectivity index (χ4v) is 0.808. The molecule has 0 heterocycles. The predicted octanol–water partition coefficient (Wildman–Crippen LogP) is 3.54. The molecule has 0 aliphatic rings. The normalized spacial score (nSPS) is 18.0. The fourth-order valence-electron chi connectivity index (χ4n) is 0.808. The quantitative estimate of drug-likeness (QED) is 0.683. The van der Waals surface area contributed by atoms with Crippen LogP contribution in [0.1, 0.15) is 20.8 Å². The molecular weight excluding hydrogens is 226 g/mol. The number of halogens is 6. The molecule has 92 valence electrons. The molecule has 1 unspecified atom stereocenters. The highest BCUT2D eigenvalue weighted by atomic mass is 19.4. The van der Waals surface area contributed by atoms with E-state index in [-0.39, 0.29) is 0 Å². The van der Waals surface area contributed by atoms with Crippen LogP contribution in [0.4, 0.5) is 26.3 Å². The van der Waals surface area contributed by atoms with Crippen LogP contribution in [0.3, 0.4) is 0 Å². The van der Waals surface area contributed by atoms with Crippen LogP contribution in [-0.4, -0.2) is 24.6 Å². The van der Waals surface area contributed by atoms with Crippen LogP contribution < -0.4 is 0 Å². The first-order chi connectivity index (χ1) is 6.40. The van der Waals surface area contributed by atoms with Crippen LogP contribution in [0.5, 0.6) is 0 Å². The lowest BCUT2D eigenvalue weighted by Crippen LogP contribution is -2.50. The third-order valence-corrected chi connectivity index (χ3v) is 2.20. The Balaban J connectivity index is 4.70. The molecule has 0 saturated heterocycles. The van der Waals surface area contributed by atoms with Crippen LogP contribution in [0.25, 0.3) is 0 Å². The molecule has 0 radical (unpaired) electrons. The highest BCUT2D eigenvalue weighted by molar-refractivity contribution is 4.87. The van der Waals surface area contributed by atoms with Crippen molar-refractivity contribution in [3.63, 3.8) is 0 Å². The van der Waals surface area contributed by atoms with E-state index in [9.17, 15) is 26.3 Å². The van der Waals surface area contributed by atoms with Gasteiger partial charge in [0.25, 0.3) is 0 Å². The van der Waals surface area contributed by atoms with Crippen molar-refractivity contribution in [3.8, 4) is 0 Å². The zero-order chi connectivity index (χ0) is 12.5. The van der Waals surface area contributed by atoms with E-state index >= 15 is 0 Å². The average Bonchev–Trinajstić information content (AvgIpc) is 1.95. The molecule has 0 aromatic rings. The lowest BCUT2D eigenvalue weighted by Gasteiger charge is -2.35. The van der Waals surface area contributed by atoms with E-state index in [2.05, 4.69) is 4.74 Å². The highest BCUT2D eigenvalue weighted by Crippen LogP contribution is 2.40. The molecule has 15 heavy (non-hydrogen) atoms. The van der Waals surface area contributed by atoms with Crippen molar-refractivity contribution >= 4 is 0 Å². The van der Waals surface area contributed by atoms with Crippen molar-refractivity contribution in [1.29, 1.82) is 0 Å². The molecule has 0 spiro atoms. The van der Waals surface area contributed by atoms with Gasteiger partial charge in [0.05, 0.1) is 0 Å². The van der Waals surface area contributed by atoms with Gasteiger partial charge in [0.15, 0.2) is 5.60 Å². The first-order valence-corrected chi connectivity index (χ1v) is 4.17. The first-order valence-electron chi connectivity index (χ1n) is 4.17. The van der Waals surface area contributed by atoms with Crippen LogP contribution in [-0.2, 0) is 4.74 Å². The summed E-state index contributed by atoms with van der Waals surface area (Å²) in [5.41, 5.74) is -2.78. The Labute approximate surface area is 83.4 Å². The molecule has 7 heteroatoms. The number of alkyl halides is 6. The second-order valence-electron chi connectivity index (χ2n) is 3.66. The molecule has 1 nitrogen and oxygen atoms in total. The van der Waals surface area contributed by atoms with Crippen molar-refractivity contribution in [2.75, 3.05) is 6.61 Å². The topological polar surface area (TPSA) is 9.23 Å². The van der Waals surface area contributed by atoms with Gasteiger partial charge in [-0.25, -0.2) is 0 Å². The Morgan fingerprint density at radius 3 is 1.60 bits per heavy atom. The summed E-state index contributed by atoms with van der Waals surface area (Å²) >= 11 is 0. The fraction of sp³-hybridized carbons (Fsp3) is 1.00. The van der Waals surface area contributed by atoms with Gasteiger partial charge in [0.1, 0.15) is 6.61 Å². The van der Waals surface area contributed by atoms with Crippen molar-refractivity contribution in [1.82, 2.24) is 0 Å². The van der Waals surface area contributed by atoms with Crippen LogP contribution in [0.15, 0.2) is 0 Å². The average molecular weight is 238 g/mol. The number of hydrogen-bond acceptors (Lipinski definition) is 1. The number of rotatable bonds is 3. The monoisotopic (exact) mass is 238 g/mol. The Hall–Kier alpha value is -0.460. The van der Waals surface area contributed by atoms with E-state index in [0.29, 0.717) is 6.92 Å². The molecule has 1 atom stereocenters. The van der Waals surface area contributed by atoms with Crippen LogP contribution >= 0.6 is 0 Å². The molecule has 0 fully saturated rings. The summed E-state index contributed by atoms with van der Waals surface area (Å²) in [6.45, 7) is 1.03. The van der Waals surface area contributed by atoms with E-state index in [0.717, 1.165) is 13.8 Å². The Morgan fingerprint density at radius 2 is 1.40 bits per heavy atom. The van der Waals surface area contributed by atoms with Crippen LogP contribution in [0, 0.1) is 5.92 Å². The van der Waals surface area contributed by atoms with Gasteiger partial charge >= 0.3 is 12.4 Å². The molecular formula is C8H12F6O. The molecule has 0 bridgehead atoms. The summed E-state index contributed by atoms with van der Waals surface area (Å²) in [6.07, 6.45) is -9.59. The van der Waals surface area contributed by atoms with Crippen LogP contribution in [0.2, 0.25) is 0 Å². The Bertz CT molecular complexity index is 206. The summed E-state index contributed by atoms with van der Waals surface area (Å²) in [7, 11) is 0. The molecule has 0 aliphatic heterocycles. The first kappa shape index (κ1) is 14.5. The minimum atomic E-state index is -4.83. The van der Waals surface area contributed by atoms with Gasteiger partial charge in [0, 0.05) is 0 Å². The minimum absolute atomic E-state index is 0.614. The molecule has 0 aromatic heterocycles. The van der Waals surface area contributed by atoms with Gasteiger partial charge in [-0.2, -0.15) is 26.3 Å². The van der Waals surface area contributed by atoms with Gasteiger partial charge < -0.3 is 4.74 Å². The largest absolute Gasteiger partial charge is 0.417 e. The second-order valence-corrected chi connectivity index (χ2v) is 3.66. The van der Waals surface area contributed by atoms with Crippen molar-refractivity contribution < 1.29 is 31.1 Å². The summed E-state index contributed by atoms with van der Waals surface area (Å²) in [4.78, 5) is 0. The summed E-state index contributed by atoms with van der Waals surface area (Å²) in [5.74, 6) is -1.10. The van der Waals surface area contributed by atoms with Crippen molar-refractivity contribution in [3.05, 3.63) is 0 Å². The van der Waals surface area contributed by atoms with E-state index in [1.165, 1.54) is 0 Å². The minimum Gasteiger partial charge on any atom is -0.356 e. The van der Waals surface area contributed by atoms with Crippen molar-refractivity contribution in [2.45, 2.75) is 38.7 Å². The molecule has 0 amide bonds.